The van der Waals surface area contributed by atoms with E-state index < -0.39 is 0 Å². The Hall–Kier alpha value is -3.02. The van der Waals surface area contributed by atoms with E-state index in [2.05, 4.69) is 10.6 Å². The summed E-state index contributed by atoms with van der Waals surface area (Å²) in [6, 6.07) is 10.8. The predicted molar refractivity (Wildman–Crippen MR) is 97.3 cm³/mol. The van der Waals surface area contributed by atoms with Crippen LogP contribution in [0.4, 0.5) is 11.4 Å². The molecule has 6 heteroatoms. The van der Waals surface area contributed by atoms with Gasteiger partial charge in [0.25, 0.3) is 5.91 Å². The number of rotatable bonds is 6. The number of benzene rings is 2. The van der Waals surface area contributed by atoms with Crippen molar-refractivity contribution in [2.24, 2.45) is 0 Å². The fourth-order valence-electron chi connectivity index (χ4n) is 2.26. The van der Waals surface area contributed by atoms with E-state index in [4.69, 9.17) is 9.47 Å². The molecule has 6 nitrogen and oxygen atoms in total. The third-order valence-electron chi connectivity index (χ3n) is 3.51. The molecule has 2 aromatic rings. The van der Waals surface area contributed by atoms with Crippen molar-refractivity contribution in [3.05, 3.63) is 47.5 Å². The van der Waals surface area contributed by atoms with Gasteiger partial charge >= 0.3 is 0 Å². The van der Waals surface area contributed by atoms with Crippen LogP contribution in [0.25, 0.3) is 0 Å². The summed E-state index contributed by atoms with van der Waals surface area (Å²) in [6.45, 7) is 5.11. The van der Waals surface area contributed by atoms with Crippen molar-refractivity contribution in [3.63, 3.8) is 0 Å². The predicted octanol–water partition coefficient (Wildman–Crippen LogP) is 3.29. The fourth-order valence-corrected chi connectivity index (χ4v) is 2.26. The first-order valence-corrected chi connectivity index (χ1v) is 7.84. The smallest absolute Gasteiger partial charge is 0.262 e. The van der Waals surface area contributed by atoms with E-state index in [0.29, 0.717) is 22.9 Å². The summed E-state index contributed by atoms with van der Waals surface area (Å²) in [5.41, 5.74) is 3.19. The number of carbonyl (C=O) groups is 2. The lowest BCUT2D eigenvalue weighted by molar-refractivity contribution is -0.118. The van der Waals surface area contributed by atoms with Gasteiger partial charge < -0.3 is 20.1 Å². The van der Waals surface area contributed by atoms with E-state index in [-0.39, 0.29) is 18.4 Å². The van der Waals surface area contributed by atoms with Crippen LogP contribution in [0.2, 0.25) is 0 Å². The molecule has 0 atom stereocenters. The third-order valence-corrected chi connectivity index (χ3v) is 3.51. The first kappa shape index (κ1) is 18.3. The van der Waals surface area contributed by atoms with Crippen molar-refractivity contribution in [1.29, 1.82) is 0 Å². The largest absolute Gasteiger partial charge is 0.493 e. The van der Waals surface area contributed by atoms with Gasteiger partial charge in [-0.15, -0.1) is 0 Å². The zero-order valence-corrected chi connectivity index (χ0v) is 14.8. The molecule has 0 heterocycles. The number of ether oxygens (including phenoxy) is 2. The second-order valence-electron chi connectivity index (χ2n) is 5.70. The number of hydrogen-bond donors (Lipinski definition) is 2. The molecule has 0 aliphatic heterocycles. The molecule has 2 amide bonds. The summed E-state index contributed by atoms with van der Waals surface area (Å²) in [7, 11) is 1.55. The van der Waals surface area contributed by atoms with Crippen LogP contribution >= 0.6 is 0 Å². The van der Waals surface area contributed by atoms with Crippen LogP contribution in [0.1, 0.15) is 18.1 Å². The van der Waals surface area contributed by atoms with Gasteiger partial charge in [-0.25, -0.2) is 0 Å². The maximum absolute atomic E-state index is 12.1. The Balaban J connectivity index is 2.00. The van der Waals surface area contributed by atoms with Gasteiger partial charge in [0.05, 0.1) is 7.11 Å². The summed E-state index contributed by atoms with van der Waals surface area (Å²) < 4.78 is 10.8. The van der Waals surface area contributed by atoms with E-state index in [1.165, 1.54) is 6.92 Å². The molecule has 2 rings (SSSR count). The van der Waals surface area contributed by atoms with Crippen LogP contribution in [0.5, 0.6) is 11.5 Å². The van der Waals surface area contributed by atoms with E-state index in [9.17, 15) is 9.59 Å². The molecule has 0 fully saturated rings. The monoisotopic (exact) mass is 342 g/mol. The average molecular weight is 342 g/mol. The van der Waals surface area contributed by atoms with E-state index in [1.54, 1.807) is 25.3 Å². The maximum atomic E-state index is 12.1. The molecule has 0 unspecified atom stereocenters. The van der Waals surface area contributed by atoms with Gasteiger partial charge in [-0.05, 0) is 49.2 Å². The number of methoxy groups -OCH3 is 1. The van der Waals surface area contributed by atoms with Gasteiger partial charge in [-0.2, -0.15) is 0 Å². The molecule has 0 saturated carbocycles. The topological polar surface area (TPSA) is 76.7 Å². The highest BCUT2D eigenvalue weighted by Crippen LogP contribution is 2.27. The molecule has 0 aromatic heterocycles. The normalized spacial score (nSPS) is 10.1. The molecule has 0 bridgehead atoms. The summed E-state index contributed by atoms with van der Waals surface area (Å²) in [6.07, 6.45) is 0. The van der Waals surface area contributed by atoms with E-state index >= 15 is 0 Å². The van der Waals surface area contributed by atoms with Crippen LogP contribution in [0.15, 0.2) is 36.4 Å². The second kappa shape index (κ2) is 8.19. The van der Waals surface area contributed by atoms with E-state index in [0.717, 1.165) is 11.1 Å². The van der Waals surface area contributed by atoms with Crippen molar-refractivity contribution in [3.8, 4) is 11.5 Å². The Morgan fingerprint density at radius 2 is 1.76 bits per heavy atom. The minimum atomic E-state index is -0.305. The highest BCUT2D eigenvalue weighted by molar-refractivity contribution is 5.94. The summed E-state index contributed by atoms with van der Waals surface area (Å²) in [4.78, 5) is 23.3. The molecule has 0 aliphatic rings. The zero-order chi connectivity index (χ0) is 18.4. The number of nitrogens with one attached hydrogen (secondary N) is 2. The van der Waals surface area contributed by atoms with Crippen molar-refractivity contribution in [2.75, 3.05) is 24.4 Å². The Morgan fingerprint density at radius 1 is 1.00 bits per heavy atom. The molecular weight excluding hydrogens is 320 g/mol. The number of carbonyl (C=O) groups excluding carboxylic acids is 2. The molecule has 2 N–H and O–H groups in total. The lowest BCUT2D eigenvalue weighted by atomic mass is 10.1. The van der Waals surface area contributed by atoms with Crippen LogP contribution in [0.3, 0.4) is 0 Å². The van der Waals surface area contributed by atoms with Gasteiger partial charge in [-0.1, -0.05) is 12.1 Å². The van der Waals surface area contributed by atoms with Crippen LogP contribution in [0, 0.1) is 13.8 Å². The van der Waals surface area contributed by atoms with Gasteiger partial charge in [0, 0.05) is 18.3 Å². The molecule has 0 radical (unpaired) electrons. The molecule has 0 saturated heterocycles. The molecule has 0 spiro atoms. The lowest BCUT2D eigenvalue weighted by Crippen LogP contribution is -2.20. The molecule has 25 heavy (non-hydrogen) atoms. The van der Waals surface area contributed by atoms with Crippen LogP contribution < -0.4 is 20.1 Å². The quantitative estimate of drug-likeness (QED) is 0.844. The summed E-state index contributed by atoms with van der Waals surface area (Å²) in [5.74, 6) is 0.615. The Kier molecular flexibility index (Phi) is 6.00. The first-order valence-electron chi connectivity index (χ1n) is 7.84. The first-order chi connectivity index (χ1) is 11.9. The summed E-state index contributed by atoms with van der Waals surface area (Å²) >= 11 is 0. The Labute approximate surface area is 147 Å². The number of hydrogen-bond acceptors (Lipinski definition) is 4. The standard InChI is InChI=1S/C19H22N2O4/c1-12-5-8-17(18(9-12)24-4)25-11-19(23)21-15-7-6-13(2)16(10-15)20-14(3)22/h5-10H,11H2,1-4H3,(H,20,22)(H,21,23). The van der Waals surface area contributed by atoms with Crippen molar-refractivity contribution >= 4 is 23.2 Å². The SMILES string of the molecule is COc1cc(C)ccc1OCC(=O)Nc1ccc(C)c(NC(C)=O)c1. The van der Waals surface area contributed by atoms with Gasteiger partial charge in [-0.3, -0.25) is 9.59 Å². The van der Waals surface area contributed by atoms with Crippen molar-refractivity contribution in [1.82, 2.24) is 0 Å². The van der Waals surface area contributed by atoms with Gasteiger partial charge in [0.1, 0.15) is 0 Å². The maximum Gasteiger partial charge on any atom is 0.262 e. The minimum absolute atomic E-state index is 0.150. The second-order valence-corrected chi connectivity index (χ2v) is 5.70. The summed E-state index contributed by atoms with van der Waals surface area (Å²) in [5, 5.41) is 5.47. The molecule has 2 aromatic carbocycles. The van der Waals surface area contributed by atoms with Crippen LogP contribution in [-0.2, 0) is 9.59 Å². The van der Waals surface area contributed by atoms with Gasteiger partial charge in [0.15, 0.2) is 18.1 Å². The van der Waals surface area contributed by atoms with Gasteiger partial charge in [0.2, 0.25) is 5.91 Å². The van der Waals surface area contributed by atoms with Crippen molar-refractivity contribution in [2.45, 2.75) is 20.8 Å². The Bertz CT molecular complexity index is 787. The van der Waals surface area contributed by atoms with Crippen LogP contribution in [-0.4, -0.2) is 25.5 Å². The van der Waals surface area contributed by atoms with E-state index in [1.807, 2.05) is 32.0 Å². The lowest BCUT2D eigenvalue weighted by Gasteiger charge is -2.13. The number of amides is 2. The highest BCUT2D eigenvalue weighted by Gasteiger charge is 2.09. The third kappa shape index (κ3) is 5.24. The van der Waals surface area contributed by atoms with Crippen molar-refractivity contribution < 1.29 is 19.1 Å². The number of aryl methyl sites for hydroxylation is 2. The highest BCUT2D eigenvalue weighted by atomic mass is 16.5. The average Bonchev–Trinajstić information content (AvgIpc) is 2.56. The fraction of sp³-hybridized carbons (Fsp3) is 0.263. The molecule has 0 aliphatic carbocycles. The Morgan fingerprint density at radius 3 is 2.44 bits per heavy atom. The minimum Gasteiger partial charge on any atom is -0.493 e. The molecular formula is C19H22N2O4. The zero-order valence-electron chi connectivity index (χ0n) is 14.8. The molecule has 132 valence electrons. The number of anilines is 2.